The molecule has 2 aromatic carbocycles. The number of pyridine rings is 1. The molecule has 0 aliphatic rings. The summed E-state index contributed by atoms with van der Waals surface area (Å²) in [6.07, 6.45) is 3.45. The van der Waals surface area contributed by atoms with E-state index in [1.807, 2.05) is 77.4 Å². The third-order valence-corrected chi connectivity index (χ3v) is 6.03. The van der Waals surface area contributed by atoms with Crippen LogP contribution in [-0.2, 0) is 11.3 Å². The number of ketones is 1. The molecule has 0 aliphatic carbocycles. The predicted molar refractivity (Wildman–Crippen MR) is 121 cm³/mol. The molecule has 7 heteroatoms. The number of carbonyl (C=O) groups is 1. The molecule has 0 saturated carbocycles. The topological polar surface area (TPSA) is 69.9 Å². The smallest absolute Gasteiger partial charge is 0.192 e. The SMILES string of the molecule is COCCn1c(SC(C(=O)c2ccccc2)c2ccccc2)nnc1-c1ccncc1. The van der Waals surface area contributed by atoms with Crippen molar-refractivity contribution < 1.29 is 9.53 Å². The summed E-state index contributed by atoms with van der Waals surface area (Å²) in [7, 11) is 1.66. The number of hydrogen-bond donors (Lipinski definition) is 0. The van der Waals surface area contributed by atoms with Crippen molar-refractivity contribution >= 4 is 17.5 Å². The van der Waals surface area contributed by atoms with Gasteiger partial charge in [-0.25, -0.2) is 0 Å². The predicted octanol–water partition coefficient (Wildman–Crippen LogP) is 4.70. The van der Waals surface area contributed by atoms with Crippen LogP contribution in [0.15, 0.2) is 90.3 Å². The van der Waals surface area contributed by atoms with Crippen LogP contribution < -0.4 is 0 Å². The van der Waals surface area contributed by atoms with Crippen molar-refractivity contribution in [1.29, 1.82) is 0 Å². The Morgan fingerprint density at radius 1 is 0.968 bits per heavy atom. The van der Waals surface area contributed by atoms with Gasteiger partial charge in [0.15, 0.2) is 16.8 Å². The maximum atomic E-state index is 13.4. The molecule has 0 amide bonds. The van der Waals surface area contributed by atoms with Gasteiger partial charge in [-0.3, -0.25) is 14.3 Å². The van der Waals surface area contributed by atoms with Gasteiger partial charge >= 0.3 is 0 Å². The Balaban J connectivity index is 1.73. The summed E-state index contributed by atoms with van der Waals surface area (Å²) < 4.78 is 7.30. The van der Waals surface area contributed by atoms with Gasteiger partial charge in [-0.1, -0.05) is 72.4 Å². The molecule has 1 unspecified atom stereocenters. The van der Waals surface area contributed by atoms with Crippen LogP contribution in [0.2, 0.25) is 0 Å². The van der Waals surface area contributed by atoms with Crippen molar-refractivity contribution in [3.63, 3.8) is 0 Å². The van der Waals surface area contributed by atoms with Crippen LogP contribution in [0.5, 0.6) is 0 Å². The van der Waals surface area contributed by atoms with E-state index in [0.29, 0.717) is 23.9 Å². The van der Waals surface area contributed by atoms with E-state index in [2.05, 4.69) is 15.2 Å². The molecule has 4 rings (SSSR count). The first kappa shape index (κ1) is 21.0. The summed E-state index contributed by atoms with van der Waals surface area (Å²) in [4.78, 5) is 17.5. The Labute approximate surface area is 185 Å². The van der Waals surface area contributed by atoms with E-state index in [0.717, 1.165) is 17.0 Å². The highest BCUT2D eigenvalue weighted by Gasteiger charge is 2.26. The monoisotopic (exact) mass is 430 g/mol. The molecule has 4 aromatic rings. The van der Waals surface area contributed by atoms with Gasteiger partial charge < -0.3 is 4.74 Å². The number of ether oxygens (including phenoxy) is 1. The molecule has 2 heterocycles. The minimum Gasteiger partial charge on any atom is -0.383 e. The van der Waals surface area contributed by atoms with E-state index in [1.54, 1.807) is 19.5 Å². The second-order valence-electron chi connectivity index (χ2n) is 6.83. The highest BCUT2D eigenvalue weighted by atomic mass is 32.2. The molecule has 0 saturated heterocycles. The first-order chi connectivity index (χ1) is 15.3. The first-order valence-electron chi connectivity index (χ1n) is 9.91. The lowest BCUT2D eigenvalue weighted by molar-refractivity contribution is 0.0989. The van der Waals surface area contributed by atoms with Crippen LogP contribution in [0.1, 0.15) is 21.2 Å². The quantitative estimate of drug-likeness (QED) is 0.283. The number of methoxy groups -OCH3 is 1. The molecule has 6 nitrogen and oxygen atoms in total. The van der Waals surface area contributed by atoms with Gasteiger partial charge in [0.1, 0.15) is 5.25 Å². The van der Waals surface area contributed by atoms with Crippen LogP contribution in [-0.4, -0.2) is 39.2 Å². The summed E-state index contributed by atoms with van der Waals surface area (Å²) in [5.74, 6) is 0.754. The lowest BCUT2D eigenvalue weighted by Crippen LogP contribution is -2.13. The minimum atomic E-state index is -0.445. The molecule has 0 spiro atoms. The molecule has 0 N–H and O–H groups in total. The number of nitrogens with zero attached hydrogens (tertiary/aromatic N) is 4. The number of hydrogen-bond acceptors (Lipinski definition) is 6. The molecule has 0 radical (unpaired) electrons. The lowest BCUT2D eigenvalue weighted by atomic mass is 10.0. The summed E-state index contributed by atoms with van der Waals surface area (Å²) >= 11 is 1.41. The highest BCUT2D eigenvalue weighted by molar-refractivity contribution is 8.00. The zero-order chi connectivity index (χ0) is 21.5. The van der Waals surface area contributed by atoms with Crippen LogP contribution in [0, 0.1) is 0 Å². The van der Waals surface area contributed by atoms with E-state index in [4.69, 9.17) is 4.74 Å². The molecule has 31 heavy (non-hydrogen) atoms. The summed E-state index contributed by atoms with van der Waals surface area (Å²) in [5, 5.41) is 9.07. The van der Waals surface area contributed by atoms with Crippen LogP contribution in [0.3, 0.4) is 0 Å². The zero-order valence-electron chi connectivity index (χ0n) is 17.1. The Morgan fingerprint density at radius 3 is 2.32 bits per heavy atom. The standard InChI is InChI=1S/C24H22N4O2S/c1-30-17-16-28-23(20-12-14-25-15-13-20)26-27-24(28)31-22(19-10-6-3-7-11-19)21(29)18-8-4-2-5-9-18/h2-15,22H,16-17H2,1H3. The Hall–Kier alpha value is -3.29. The Kier molecular flexibility index (Phi) is 6.86. The Morgan fingerprint density at radius 2 is 1.65 bits per heavy atom. The Bertz CT molecular complexity index is 1120. The van der Waals surface area contributed by atoms with Crippen LogP contribution in [0.4, 0.5) is 0 Å². The van der Waals surface area contributed by atoms with Crippen molar-refractivity contribution in [3.05, 3.63) is 96.3 Å². The summed E-state index contributed by atoms with van der Waals surface area (Å²) in [6, 6.07) is 22.9. The van der Waals surface area contributed by atoms with Crippen molar-refractivity contribution in [3.8, 4) is 11.4 Å². The average Bonchev–Trinajstić information content (AvgIpc) is 3.24. The lowest BCUT2D eigenvalue weighted by Gasteiger charge is -2.17. The molecule has 2 aromatic heterocycles. The van der Waals surface area contributed by atoms with E-state index >= 15 is 0 Å². The minimum absolute atomic E-state index is 0.0311. The first-order valence-corrected chi connectivity index (χ1v) is 10.8. The maximum absolute atomic E-state index is 13.4. The summed E-state index contributed by atoms with van der Waals surface area (Å²) in [5.41, 5.74) is 2.50. The van der Waals surface area contributed by atoms with E-state index < -0.39 is 5.25 Å². The van der Waals surface area contributed by atoms with E-state index in [1.165, 1.54) is 11.8 Å². The number of thioether (sulfide) groups is 1. The van der Waals surface area contributed by atoms with Crippen molar-refractivity contribution in [2.45, 2.75) is 17.0 Å². The van der Waals surface area contributed by atoms with Crippen LogP contribution >= 0.6 is 11.8 Å². The largest absolute Gasteiger partial charge is 0.383 e. The van der Waals surface area contributed by atoms with Crippen molar-refractivity contribution in [1.82, 2.24) is 19.7 Å². The molecule has 0 aliphatic heterocycles. The third kappa shape index (κ3) is 4.90. The molecule has 0 bridgehead atoms. The number of aromatic nitrogens is 4. The number of Topliss-reactive ketones (excluding diaryl/α,β-unsaturated/α-hetero) is 1. The average molecular weight is 431 g/mol. The fourth-order valence-corrected chi connectivity index (χ4v) is 4.37. The van der Waals surface area contributed by atoms with E-state index in [9.17, 15) is 4.79 Å². The zero-order valence-corrected chi connectivity index (χ0v) is 17.9. The van der Waals surface area contributed by atoms with Crippen molar-refractivity contribution in [2.24, 2.45) is 0 Å². The molecule has 0 fully saturated rings. The molecule has 1 atom stereocenters. The summed E-state index contributed by atoms with van der Waals surface area (Å²) in [6.45, 7) is 1.08. The number of rotatable bonds is 9. The van der Waals surface area contributed by atoms with Gasteiger partial charge in [0.2, 0.25) is 0 Å². The fraction of sp³-hybridized carbons (Fsp3) is 0.167. The second kappa shape index (κ2) is 10.1. The number of benzene rings is 2. The molecule has 156 valence electrons. The molecular weight excluding hydrogens is 408 g/mol. The van der Waals surface area contributed by atoms with Crippen LogP contribution in [0.25, 0.3) is 11.4 Å². The molecular formula is C24H22N4O2S. The van der Waals surface area contributed by atoms with Gasteiger partial charge in [-0.05, 0) is 17.7 Å². The van der Waals surface area contributed by atoms with E-state index in [-0.39, 0.29) is 5.78 Å². The van der Waals surface area contributed by atoms with Gasteiger partial charge in [0, 0.05) is 30.6 Å². The normalized spacial score (nSPS) is 11.9. The number of carbonyl (C=O) groups excluding carboxylic acids is 1. The van der Waals surface area contributed by atoms with Crippen molar-refractivity contribution in [2.75, 3.05) is 13.7 Å². The van der Waals surface area contributed by atoms with Gasteiger partial charge in [0.05, 0.1) is 13.2 Å². The highest BCUT2D eigenvalue weighted by Crippen LogP contribution is 2.38. The third-order valence-electron chi connectivity index (χ3n) is 4.80. The van der Waals surface area contributed by atoms with Gasteiger partial charge in [0.25, 0.3) is 0 Å². The second-order valence-corrected chi connectivity index (χ2v) is 7.90. The fourth-order valence-electron chi connectivity index (χ4n) is 3.23. The van der Waals surface area contributed by atoms with Gasteiger partial charge in [-0.15, -0.1) is 10.2 Å². The van der Waals surface area contributed by atoms with Gasteiger partial charge in [-0.2, -0.15) is 0 Å². The maximum Gasteiger partial charge on any atom is 0.192 e.